The van der Waals surface area contributed by atoms with Gasteiger partial charge in [-0.15, -0.1) is 0 Å². The van der Waals surface area contributed by atoms with Crippen LogP contribution in [0, 0.1) is 0 Å². The largest absolute Gasteiger partial charge is 0.478 e. The van der Waals surface area contributed by atoms with E-state index < -0.39 is 5.97 Å². The molecule has 8 nitrogen and oxygen atoms in total. The number of ether oxygens (including phenoxy) is 1. The van der Waals surface area contributed by atoms with Crippen LogP contribution in [0.15, 0.2) is 30.3 Å². The number of aryl methyl sites for hydroxylation is 1. The molecule has 1 unspecified atom stereocenters. The molecule has 0 saturated carbocycles. The van der Waals surface area contributed by atoms with Gasteiger partial charge in [0, 0.05) is 32.2 Å². The maximum Gasteiger partial charge on any atom is 0.335 e. The molecular weight excluding hydrogens is 336 g/mol. The van der Waals surface area contributed by atoms with Crippen LogP contribution in [0.5, 0.6) is 0 Å². The van der Waals surface area contributed by atoms with E-state index in [0.29, 0.717) is 18.0 Å². The standard InChI is InChI=1S/C18H22N4O4/c1-22-16(9-15(21-22)14-6-3-7-26-11-14)20-18(25)19-10-12-4-2-5-13(8-12)17(23)24/h2,4-5,8-9,14H,3,6-7,10-11H2,1H3,(H,23,24)(H2,19,20,25). The molecule has 1 aromatic heterocycles. The molecule has 1 aliphatic rings. The number of benzene rings is 1. The number of amides is 2. The Hall–Kier alpha value is -2.87. The number of urea groups is 1. The molecule has 138 valence electrons. The van der Waals surface area contributed by atoms with Gasteiger partial charge in [-0.3, -0.25) is 10.00 Å². The number of carboxylic acid groups (broad SMARTS) is 1. The van der Waals surface area contributed by atoms with E-state index in [1.807, 2.05) is 6.07 Å². The van der Waals surface area contributed by atoms with Gasteiger partial charge in [-0.05, 0) is 30.5 Å². The second kappa shape index (κ2) is 8.01. The van der Waals surface area contributed by atoms with Crippen LogP contribution < -0.4 is 10.6 Å². The van der Waals surface area contributed by atoms with Crippen molar-refractivity contribution in [2.24, 2.45) is 7.05 Å². The Labute approximate surface area is 151 Å². The molecule has 3 N–H and O–H groups in total. The Morgan fingerprint density at radius 3 is 2.96 bits per heavy atom. The normalized spacial score (nSPS) is 16.9. The van der Waals surface area contributed by atoms with Crippen LogP contribution in [0.25, 0.3) is 0 Å². The van der Waals surface area contributed by atoms with E-state index in [-0.39, 0.29) is 24.1 Å². The fraction of sp³-hybridized carbons (Fsp3) is 0.389. The Balaban J connectivity index is 1.57. The first-order valence-electron chi connectivity index (χ1n) is 8.51. The number of rotatable bonds is 5. The van der Waals surface area contributed by atoms with E-state index in [0.717, 1.165) is 25.1 Å². The maximum absolute atomic E-state index is 12.1. The van der Waals surface area contributed by atoms with E-state index in [2.05, 4.69) is 15.7 Å². The summed E-state index contributed by atoms with van der Waals surface area (Å²) in [5.74, 6) is -0.139. The Kier molecular flexibility index (Phi) is 5.52. The van der Waals surface area contributed by atoms with Gasteiger partial charge < -0.3 is 15.2 Å². The second-order valence-corrected chi connectivity index (χ2v) is 6.31. The van der Waals surface area contributed by atoms with E-state index in [1.165, 1.54) is 12.1 Å². The van der Waals surface area contributed by atoms with E-state index in [1.54, 1.807) is 23.9 Å². The van der Waals surface area contributed by atoms with Crippen molar-refractivity contribution in [1.82, 2.24) is 15.1 Å². The maximum atomic E-state index is 12.1. The Bertz CT molecular complexity index is 796. The van der Waals surface area contributed by atoms with Gasteiger partial charge in [0.15, 0.2) is 0 Å². The fourth-order valence-electron chi connectivity index (χ4n) is 2.94. The SMILES string of the molecule is Cn1nc(C2CCCOC2)cc1NC(=O)NCc1cccc(C(=O)O)c1. The zero-order chi connectivity index (χ0) is 18.5. The third kappa shape index (κ3) is 4.40. The summed E-state index contributed by atoms with van der Waals surface area (Å²) in [6.45, 7) is 1.68. The Morgan fingerprint density at radius 2 is 2.23 bits per heavy atom. The molecule has 0 bridgehead atoms. The molecule has 1 aliphatic heterocycles. The number of hydrogen-bond acceptors (Lipinski definition) is 4. The minimum atomic E-state index is -0.995. The molecule has 0 aliphatic carbocycles. The van der Waals surface area contributed by atoms with Crippen molar-refractivity contribution < 1.29 is 19.4 Å². The quantitative estimate of drug-likeness (QED) is 0.761. The molecular formula is C18H22N4O4. The lowest BCUT2D eigenvalue weighted by molar-refractivity contribution is 0.0696. The van der Waals surface area contributed by atoms with Gasteiger partial charge in [-0.25, -0.2) is 9.59 Å². The molecule has 1 atom stereocenters. The lowest BCUT2D eigenvalue weighted by Gasteiger charge is -2.19. The number of nitrogens with one attached hydrogen (secondary N) is 2. The van der Waals surface area contributed by atoms with Crippen molar-refractivity contribution in [3.05, 3.63) is 47.2 Å². The number of carbonyl (C=O) groups is 2. The van der Waals surface area contributed by atoms with Crippen LogP contribution in [-0.4, -0.2) is 40.1 Å². The monoisotopic (exact) mass is 358 g/mol. The lowest BCUT2D eigenvalue weighted by atomic mass is 9.99. The molecule has 26 heavy (non-hydrogen) atoms. The van der Waals surface area contributed by atoms with Crippen molar-refractivity contribution in [3.8, 4) is 0 Å². The molecule has 2 amide bonds. The average Bonchev–Trinajstić information content (AvgIpc) is 3.01. The van der Waals surface area contributed by atoms with Gasteiger partial charge in [0.1, 0.15) is 5.82 Å². The second-order valence-electron chi connectivity index (χ2n) is 6.31. The minimum Gasteiger partial charge on any atom is -0.478 e. The third-order valence-electron chi connectivity index (χ3n) is 4.35. The highest BCUT2D eigenvalue weighted by Crippen LogP contribution is 2.26. The van der Waals surface area contributed by atoms with Crippen molar-refractivity contribution >= 4 is 17.8 Å². The average molecular weight is 358 g/mol. The summed E-state index contributed by atoms with van der Waals surface area (Å²) in [4.78, 5) is 23.1. The van der Waals surface area contributed by atoms with Crippen LogP contribution >= 0.6 is 0 Å². The van der Waals surface area contributed by atoms with E-state index in [4.69, 9.17) is 9.84 Å². The molecule has 1 saturated heterocycles. The predicted octanol–water partition coefficient (Wildman–Crippen LogP) is 2.33. The number of hydrogen-bond donors (Lipinski definition) is 3. The first-order valence-corrected chi connectivity index (χ1v) is 8.51. The zero-order valence-corrected chi connectivity index (χ0v) is 14.6. The van der Waals surface area contributed by atoms with Crippen molar-refractivity contribution in [2.45, 2.75) is 25.3 Å². The summed E-state index contributed by atoms with van der Waals surface area (Å²) >= 11 is 0. The molecule has 1 fully saturated rings. The van der Waals surface area contributed by atoms with Gasteiger partial charge >= 0.3 is 12.0 Å². The number of carboxylic acids is 1. The number of carbonyl (C=O) groups excluding carboxylic acids is 1. The molecule has 2 heterocycles. The summed E-state index contributed by atoms with van der Waals surface area (Å²) in [6.07, 6.45) is 2.04. The van der Waals surface area contributed by atoms with Gasteiger partial charge in [0.25, 0.3) is 0 Å². The number of anilines is 1. The summed E-state index contributed by atoms with van der Waals surface area (Å²) in [6, 6.07) is 7.95. The molecule has 8 heteroatoms. The highest BCUT2D eigenvalue weighted by molar-refractivity contribution is 5.89. The van der Waals surface area contributed by atoms with Gasteiger partial charge in [-0.1, -0.05) is 12.1 Å². The molecule has 1 aromatic carbocycles. The van der Waals surface area contributed by atoms with Gasteiger partial charge in [-0.2, -0.15) is 5.10 Å². The number of aromatic nitrogens is 2. The zero-order valence-electron chi connectivity index (χ0n) is 14.6. The van der Waals surface area contributed by atoms with E-state index in [9.17, 15) is 9.59 Å². The summed E-state index contributed by atoms with van der Waals surface area (Å²) in [7, 11) is 1.78. The highest BCUT2D eigenvalue weighted by Gasteiger charge is 2.20. The number of aromatic carboxylic acids is 1. The number of nitrogens with zero attached hydrogens (tertiary/aromatic N) is 2. The van der Waals surface area contributed by atoms with Gasteiger partial charge in [0.05, 0.1) is 17.9 Å². The highest BCUT2D eigenvalue weighted by atomic mass is 16.5. The summed E-state index contributed by atoms with van der Waals surface area (Å²) in [5.41, 5.74) is 1.82. The van der Waals surface area contributed by atoms with E-state index >= 15 is 0 Å². The van der Waals surface area contributed by atoms with Gasteiger partial charge in [0.2, 0.25) is 0 Å². The third-order valence-corrected chi connectivity index (χ3v) is 4.35. The van der Waals surface area contributed by atoms with Crippen LogP contribution in [-0.2, 0) is 18.3 Å². The first-order chi connectivity index (χ1) is 12.5. The molecule has 0 spiro atoms. The first kappa shape index (κ1) is 17.9. The molecule has 2 aromatic rings. The lowest BCUT2D eigenvalue weighted by Crippen LogP contribution is -2.29. The van der Waals surface area contributed by atoms with Crippen LogP contribution in [0.1, 0.15) is 40.4 Å². The topological polar surface area (TPSA) is 105 Å². The predicted molar refractivity (Wildman–Crippen MR) is 95.3 cm³/mol. The minimum absolute atomic E-state index is 0.190. The van der Waals surface area contributed by atoms with Crippen LogP contribution in [0.2, 0.25) is 0 Å². The van der Waals surface area contributed by atoms with Crippen LogP contribution in [0.4, 0.5) is 10.6 Å². The smallest absolute Gasteiger partial charge is 0.335 e. The van der Waals surface area contributed by atoms with Crippen molar-refractivity contribution in [1.29, 1.82) is 0 Å². The summed E-state index contributed by atoms with van der Waals surface area (Å²) in [5, 5.41) is 19.0. The molecule has 3 rings (SSSR count). The van der Waals surface area contributed by atoms with Crippen molar-refractivity contribution in [2.75, 3.05) is 18.5 Å². The Morgan fingerprint density at radius 1 is 1.38 bits per heavy atom. The fourth-order valence-corrected chi connectivity index (χ4v) is 2.94. The summed E-state index contributed by atoms with van der Waals surface area (Å²) < 4.78 is 7.12. The molecule has 0 radical (unpaired) electrons. The van der Waals surface area contributed by atoms with Crippen LogP contribution in [0.3, 0.4) is 0 Å². The van der Waals surface area contributed by atoms with Crippen molar-refractivity contribution in [3.63, 3.8) is 0 Å².